The van der Waals surface area contributed by atoms with Crippen LogP contribution < -0.4 is 4.72 Å². The minimum atomic E-state index is -3.28. The third-order valence-electron chi connectivity index (χ3n) is 7.25. The number of allylic oxidation sites excluding steroid dienone is 3. The molecule has 1 aliphatic carbocycles. The lowest BCUT2D eigenvalue weighted by Gasteiger charge is -2.42. The van der Waals surface area contributed by atoms with Crippen LogP contribution in [0, 0.1) is 5.41 Å². The highest BCUT2D eigenvalue weighted by atomic mass is 32.2. The lowest BCUT2D eigenvalue weighted by atomic mass is 9.65. The number of hydrogen-bond donors (Lipinski definition) is 1. The Kier molecular flexibility index (Phi) is 4.49. The number of ether oxygens (including phenoxy) is 1. The Labute approximate surface area is 178 Å². The summed E-state index contributed by atoms with van der Waals surface area (Å²) in [5.74, 6) is 1.07. The first-order valence-corrected chi connectivity index (χ1v) is 12.7. The SMILES string of the molecule is CN1C(=O)N(CCNS(C)(=O)=O)C[C@]12CC13CCCCC1=CN1C=CCCC1=C3O2. The van der Waals surface area contributed by atoms with Gasteiger partial charge in [0, 0.05) is 39.0 Å². The molecule has 1 saturated carbocycles. The van der Waals surface area contributed by atoms with Gasteiger partial charge >= 0.3 is 6.03 Å². The second kappa shape index (κ2) is 6.75. The summed E-state index contributed by atoms with van der Waals surface area (Å²) in [5.41, 5.74) is 1.86. The van der Waals surface area contributed by atoms with Gasteiger partial charge in [0.1, 0.15) is 5.76 Å². The summed E-state index contributed by atoms with van der Waals surface area (Å²) in [7, 11) is -1.47. The number of nitrogens with one attached hydrogen (secondary N) is 1. The topological polar surface area (TPSA) is 82.2 Å². The van der Waals surface area contributed by atoms with E-state index in [9.17, 15) is 13.2 Å². The number of rotatable bonds is 4. The van der Waals surface area contributed by atoms with Crippen LogP contribution in [-0.2, 0) is 14.8 Å². The van der Waals surface area contributed by atoms with Gasteiger partial charge in [-0.3, -0.25) is 4.90 Å². The molecule has 2 atom stereocenters. The van der Waals surface area contributed by atoms with Crippen LogP contribution in [0.25, 0.3) is 0 Å². The minimum Gasteiger partial charge on any atom is -0.467 e. The molecule has 9 heteroatoms. The predicted molar refractivity (Wildman–Crippen MR) is 112 cm³/mol. The predicted octanol–water partition coefficient (Wildman–Crippen LogP) is 2.30. The van der Waals surface area contributed by atoms with E-state index in [1.807, 2.05) is 7.05 Å². The van der Waals surface area contributed by atoms with Crippen LogP contribution in [-0.4, -0.2) is 67.8 Å². The second-order valence-electron chi connectivity index (χ2n) is 9.20. The number of sulfonamides is 1. The van der Waals surface area contributed by atoms with Crippen LogP contribution >= 0.6 is 0 Å². The van der Waals surface area contributed by atoms with E-state index in [1.54, 1.807) is 9.80 Å². The number of likely N-dealkylation sites (N-methyl/N-ethyl adjacent to an activating group) is 1. The Hall–Kier alpha value is -2.00. The maximum atomic E-state index is 13.0. The molecule has 0 aromatic rings. The molecule has 4 heterocycles. The van der Waals surface area contributed by atoms with Crippen LogP contribution in [0.3, 0.4) is 0 Å². The Morgan fingerprint density at radius 2 is 2.10 bits per heavy atom. The molecule has 0 bridgehead atoms. The monoisotopic (exact) mass is 434 g/mol. The molecule has 1 N–H and O–H groups in total. The van der Waals surface area contributed by atoms with Crippen molar-refractivity contribution in [3.63, 3.8) is 0 Å². The van der Waals surface area contributed by atoms with Crippen LogP contribution in [0.1, 0.15) is 44.9 Å². The van der Waals surface area contributed by atoms with Crippen molar-refractivity contribution in [1.82, 2.24) is 19.4 Å². The standard InChI is InChI=1S/C21H30N4O4S/c1-23-19(26)25(12-10-22-30(2,27)28)15-21(23)14-20-9-5-3-7-16(20)13-24-11-6-4-8-17(24)18(20)29-21/h6,11,13,22H,3-5,7-10,12,14-15H2,1-2H3/t20?,21-/m1/s1. The number of fused-ring (bicyclic) bond motifs is 1. The summed E-state index contributed by atoms with van der Waals surface area (Å²) < 4.78 is 32.1. The number of carbonyl (C=O) groups excluding carboxylic acids is 1. The summed E-state index contributed by atoms with van der Waals surface area (Å²) in [4.78, 5) is 18.7. The third kappa shape index (κ3) is 2.97. The van der Waals surface area contributed by atoms with E-state index in [1.165, 1.54) is 24.1 Å². The number of urea groups is 1. The lowest BCUT2D eigenvalue weighted by Crippen LogP contribution is -2.45. The van der Waals surface area contributed by atoms with Gasteiger partial charge in [0.25, 0.3) is 0 Å². The van der Waals surface area contributed by atoms with Gasteiger partial charge in [-0.25, -0.2) is 17.9 Å². The summed E-state index contributed by atoms with van der Waals surface area (Å²) in [6, 6.07) is -0.104. The highest BCUT2D eigenvalue weighted by molar-refractivity contribution is 7.88. The smallest absolute Gasteiger partial charge is 0.323 e. The maximum absolute atomic E-state index is 13.0. The van der Waals surface area contributed by atoms with Crippen molar-refractivity contribution in [3.8, 4) is 0 Å². The Morgan fingerprint density at radius 3 is 2.90 bits per heavy atom. The van der Waals surface area contributed by atoms with Crippen molar-refractivity contribution in [2.24, 2.45) is 5.41 Å². The van der Waals surface area contributed by atoms with Crippen molar-refractivity contribution in [2.75, 3.05) is 32.9 Å². The maximum Gasteiger partial charge on any atom is 0.323 e. The highest BCUT2D eigenvalue weighted by Gasteiger charge is 2.64. The fraction of sp³-hybridized carbons (Fsp3) is 0.667. The normalized spacial score (nSPS) is 32.9. The number of hydrogen-bond acceptors (Lipinski definition) is 5. The van der Waals surface area contributed by atoms with Gasteiger partial charge < -0.3 is 14.5 Å². The quantitative estimate of drug-likeness (QED) is 0.734. The van der Waals surface area contributed by atoms with Gasteiger partial charge in [-0.1, -0.05) is 12.5 Å². The van der Waals surface area contributed by atoms with Crippen LogP contribution in [0.15, 0.2) is 35.5 Å². The molecule has 0 aromatic heterocycles. The molecule has 30 heavy (non-hydrogen) atoms. The molecule has 3 fully saturated rings. The van der Waals surface area contributed by atoms with Crippen molar-refractivity contribution in [3.05, 3.63) is 35.5 Å². The lowest BCUT2D eigenvalue weighted by molar-refractivity contribution is -0.0427. The van der Waals surface area contributed by atoms with E-state index in [2.05, 4.69) is 28.1 Å². The summed E-state index contributed by atoms with van der Waals surface area (Å²) in [5, 5.41) is 0. The molecule has 4 aliphatic heterocycles. The molecule has 0 aromatic carbocycles. The van der Waals surface area contributed by atoms with Gasteiger partial charge in [-0.15, -0.1) is 0 Å². The number of amides is 2. The minimum absolute atomic E-state index is 0.104. The van der Waals surface area contributed by atoms with Crippen LogP contribution in [0.2, 0.25) is 0 Å². The average molecular weight is 435 g/mol. The Balaban J connectivity index is 1.46. The first-order valence-electron chi connectivity index (χ1n) is 10.8. The largest absolute Gasteiger partial charge is 0.467 e. The summed E-state index contributed by atoms with van der Waals surface area (Å²) >= 11 is 0. The van der Waals surface area contributed by atoms with E-state index < -0.39 is 15.7 Å². The molecular weight excluding hydrogens is 404 g/mol. The molecule has 5 aliphatic rings. The van der Waals surface area contributed by atoms with E-state index in [-0.39, 0.29) is 18.0 Å². The van der Waals surface area contributed by atoms with Gasteiger partial charge in [0.05, 0.1) is 23.9 Å². The zero-order valence-electron chi connectivity index (χ0n) is 17.7. The second-order valence-corrected chi connectivity index (χ2v) is 11.0. The first-order chi connectivity index (χ1) is 14.2. The van der Waals surface area contributed by atoms with Crippen molar-refractivity contribution in [2.45, 2.75) is 50.7 Å². The van der Waals surface area contributed by atoms with E-state index in [4.69, 9.17) is 4.74 Å². The van der Waals surface area contributed by atoms with Crippen molar-refractivity contribution < 1.29 is 17.9 Å². The van der Waals surface area contributed by atoms with Gasteiger partial charge in [0.15, 0.2) is 0 Å². The van der Waals surface area contributed by atoms with E-state index in [0.717, 1.165) is 44.1 Å². The van der Waals surface area contributed by atoms with Gasteiger partial charge in [-0.05, 0) is 37.7 Å². The molecule has 0 radical (unpaired) electrons. The average Bonchev–Trinajstić information content (AvgIpc) is 3.15. The van der Waals surface area contributed by atoms with Gasteiger partial charge in [-0.2, -0.15) is 0 Å². The summed E-state index contributed by atoms with van der Waals surface area (Å²) in [6.45, 7) is 0.991. The van der Waals surface area contributed by atoms with Gasteiger partial charge in [0.2, 0.25) is 15.7 Å². The Morgan fingerprint density at radius 1 is 1.27 bits per heavy atom. The number of carbonyl (C=O) groups is 1. The van der Waals surface area contributed by atoms with Crippen LogP contribution in [0.4, 0.5) is 4.79 Å². The Bertz CT molecular complexity index is 971. The molecule has 1 unspecified atom stereocenters. The molecule has 164 valence electrons. The fourth-order valence-corrected chi connectivity index (χ4v) is 6.29. The number of nitrogens with zero attached hydrogens (tertiary/aromatic N) is 3. The molecule has 2 spiro atoms. The fourth-order valence-electron chi connectivity index (χ4n) is 5.82. The summed E-state index contributed by atoms with van der Waals surface area (Å²) in [6.07, 6.45) is 15.0. The van der Waals surface area contributed by atoms with Crippen LogP contribution in [0.5, 0.6) is 0 Å². The molecule has 8 nitrogen and oxygen atoms in total. The zero-order valence-corrected chi connectivity index (χ0v) is 18.5. The van der Waals surface area contributed by atoms with E-state index in [0.29, 0.717) is 13.1 Å². The molecule has 5 rings (SSSR count). The molecule has 2 amide bonds. The van der Waals surface area contributed by atoms with Crippen molar-refractivity contribution >= 4 is 16.1 Å². The van der Waals surface area contributed by atoms with E-state index >= 15 is 0 Å². The first kappa shape index (κ1) is 19.9. The third-order valence-corrected chi connectivity index (χ3v) is 7.98. The van der Waals surface area contributed by atoms with Crippen molar-refractivity contribution in [1.29, 1.82) is 0 Å². The zero-order chi connectivity index (χ0) is 21.1. The highest BCUT2D eigenvalue weighted by Crippen LogP contribution is 2.62. The molecular formula is C21H30N4O4S. The molecule has 2 saturated heterocycles.